The Morgan fingerprint density at radius 3 is 2.92 bits per heavy atom. The van der Waals surface area contributed by atoms with Gasteiger partial charge < -0.3 is 4.90 Å². The lowest BCUT2D eigenvalue weighted by molar-refractivity contribution is -0.126. The molecular weight excluding hydrogens is 327 g/mol. The van der Waals surface area contributed by atoms with Crippen molar-refractivity contribution in [1.29, 1.82) is 0 Å². The second-order valence-electron chi connectivity index (χ2n) is 6.67. The fraction of sp³-hybridized carbons (Fsp3) is 0.471. The number of amides is 1. The summed E-state index contributed by atoms with van der Waals surface area (Å²) in [5, 5.41) is 12.6. The van der Waals surface area contributed by atoms with Crippen LogP contribution < -0.4 is 5.32 Å². The summed E-state index contributed by atoms with van der Waals surface area (Å²) in [6.45, 7) is 2.98. The summed E-state index contributed by atoms with van der Waals surface area (Å²) in [6, 6.07) is 6.35. The number of anilines is 1. The first-order valence-electron chi connectivity index (χ1n) is 8.24. The van der Waals surface area contributed by atoms with Crippen LogP contribution in [0.3, 0.4) is 0 Å². The number of carbonyl (C=O) groups is 1. The Hall–Kier alpha value is -1.86. The van der Waals surface area contributed by atoms with E-state index in [1.165, 1.54) is 23.5 Å². The van der Waals surface area contributed by atoms with Gasteiger partial charge >= 0.3 is 0 Å². The molecule has 24 heavy (non-hydrogen) atoms. The predicted octanol–water partition coefficient (Wildman–Crippen LogP) is 2.69. The minimum absolute atomic E-state index is 0.0779. The normalized spacial score (nSPS) is 25.6. The summed E-state index contributed by atoms with van der Waals surface area (Å²) in [4.78, 5) is 15.1. The van der Waals surface area contributed by atoms with E-state index < -0.39 is 0 Å². The van der Waals surface area contributed by atoms with E-state index in [-0.39, 0.29) is 17.1 Å². The van der Waals surface area contributed by atoms with Crippen molar-refractivity contribution < 1.29 is 9.18 Å². The summed E-state index contributed by atoms with van der Waals surface area (Å²) < 4.78 is 12.9. The van der Waals surface area contributed by atoms with Crippen LogP contribution in [0.25, 0.3) is 0 Å². The van der Waals surface area contributed by atoms with Gasteiger partial charge in [-0.2, -0.15) is 0 Å². The van der Waals surface area contributed by atoms with E-state index in [1.54, 1.807) is 12.1 Å². The Balaban J connectivity index is 1.41. The highest BCUT2D eigenvalue weighted by Crippen LogP contribution is 2.40. The largest absolute Gasteiger partial charge is 0.302 e. The molecule has 1 amide bonds. The number of rotatable bonds is 4. The van der Waals surface area contributed by atoms with Crippen LogP contribution in [-0.2, 0) is 11.2 Å². The highest BCUT2D eigenvalue weighted by Gasteiger charge is 2.46. The lowest BCUT2D eigenvalue weighted by Crippen LogP contribution is -2.42. The molecule has 5 nitrogen and oxygen atoms in total. The topological polar surface area (TPSA) is 58.1 Å². The van der Waals surface area contributed by atoms with Crippen LogP contribution >= 0.6 is 11.3 Å². The van der Waals surface area contributed by atoms with Gasteiger partial charge in [0.25, 0.3) is 0 Å². The molecule has 2 bridgehead atoms. The van der Waals surface area contributed by atoms with Crippen molar-refractivity contribution in [1.82, 2.24) is 15.1 Å². The Morgan fingerprint density at radius 1 is 1.25 bits per heavy atom. The summed E-state index contributed by atoms with van der Waals surface area (Å²) in [7, 11) is 0. The summed E-state index contributed by atoms with van der Waals surface area (Å²) in [5.74, 6) is -0.171. The SMILES string of the molecule is O=C(Nc1nnc(Cc2ccc(F)cc2)s1)C12CCCN(CC1)C2. The van der Waals surface area contributed by atoms with Crippen LogP contribution in [0, 0.1) is 11.2 Å². The van der Waals surface area contributed by atoms with Crippen molar-refractivity contribution in [2.45, 2.75) is 25.7 Å². The van der Waals surface area contributed by atoms with Gasteiger partial charge in [0, 0.05) is 13.0 Å². The van der Waals surface area contributed by atoms with E-state index in [9.17, 15) is 9.18 Å². The fourth-order valence-electron chi connectivity index (χ4n) is 3.68. The molecule has 0 saturated carbocycles. The lowest BCUT2D eigenvalue weighted by Gasteiger charge is -2.32. The zero-order valence-corrected chi connectivity index (χ0v) is 14.1. The highest BCUT2D eigenvalue weighted by molar-refractivity contribution is 7.15. The van der Waals surface area contributed by atoms with Crippen LogP contribution in [0.2, 0.25) is 0 Å². The molecule has 1 aromatic heterocycles. The third-order valence-electron chi connectivity index (χ3n) is 5.00. The third kappa shape index (κ3) is 3.06. The number of nitrogens with one attached hydrogen (secondary N) is 1. The summed E-state index contributed by atoms with van der Waals surface area (Å²) >= 11 is 1.39. The molecule has 0 aliphatic carbocycles. The summed E-state index contributed by atoms with van der Waals surface area (Å²) in [6.07, 6.45) is 3.56. The predicted molar refractivity (Wildman–Crippen MR) is 90.5 cm³/mol. The van der Waals surface area contributed by atoms with Crippen LogP contribution in [-0.4, -0.2) is 40.6 Å². The maximum absolute atomic E-state index is 12.9. The average molecular weight is 346 g/mol. The average Bonchev–Trinajstić information content (AvgIpc) is 3.14. The van der Waals surface area contributed by atoms with Gasteiger partial charge in [-0.15, -0.1) is 10.2 Å². The zero-order valence-electron chi connectivity index (χ0n) is 13.3. The minimum atomic E-state index is -0.249. The molecule has 2 aromatic rings. The Morgan fingerprint density at radius 2 is 2.08 bits per heavy atom. The molecule has 2 aliphatic rings. The number of fused-ring (bicyclic) bond motifs is 2. The Labute approximate surface area is 143 Å². The van der Waals surface area contributed by atoms with Gasteiger partial charge in [-0.1, -0.05) is 23.5 Å². The summed E-state index contributed by atoms with van der Waals surface area (Å²) in [5.41, 5.74) is 0.726. The van der Waals surface area contributed by atoms with E-state index in [0.717, 1.165) is 49.5 Å². The van der Waals surface area contributed by atoms with E-state index in [4.69, 9.17) is 0 Å². The van der Waals surface area contributed by atoms with Crippen LogP contribution in [0.15, 0.2) is 24.3 Å². The number of benzene rings is 1. The van der Waals surface area contributed by atoms with Gasteiger partial charge in [0.1, 0.15) is 10.8 Å². The van der Waals surface area contributed by atoms with Gasteiger partial charge in [-0.05, 0) is 50.0 Å². The minimum Gasteiger partial charge on any atom is -0.302 e. The standard InChI is InChI=1S/C17H19FN4OS/c18-13-4-2-12(3-5-13)10-14-20-21-16(24-14)19-15(23)17-6-1-8-22(11-17)9-7-17/h2-5H,1,6-11H2,(H,19,21,23). The third-order valence-corrected chi connectivity index (χ3v) is 5.84. The van der Waals surface area contributed by atoms with Gasteiger partial charge in [-0.25, -0.2) is 4.39 Å². The van der Waals surface area contributed by atoms with E-state index >= 15 is 0 Å². The molecule has 1 N–H and O–H groups in total. The monoisotopic (exact) mass is 346 g/mol. The lowest BCUT2D eigenvalue weighted by atomic mass is 9.80. The van der Waals surface area contributed by atoms with Gasteiger partial charge in [-0.3, -0.25) is 10.1 Å². The molecule has 0 radical (unpaired) electrons. The van der Waals surface area contributed by atoms with Gasteiger partial charge in [0.15, 0.2) is 0 Å². The number of aromatic nitrogens is 2. The van der Waals surface area contributed by atoms with Crippen molar-refractivity contribution in [3.8, 4) is 0 Å². The first kappa shape index (κ1) is 15.7. The van der Waals surface area contributed by atoms with Crippen LogP contribution in [0.5, 0.6) is 0 Å². The molecule has 3 heterocycles. The molecule has 4 rings (SSSR count). The number of hydrogen-bond acceptors (Lipinski definition) is 5. The maximum atomic E-state index is 12.9. The zero-order chi connectivity index (χ0) is 16.6. The van der Waals surface area contributed by atoms with Crippen molar-refractivity contribution in [2.24, 2.45) is 5.41 Å². The maximum Gasteiger partial charge on any atom is 0.233 e. The molecule has 126 valence electrons. The van der Waals surface area contributed by atoms with Crippen molar-refractivity contribution >= 4 is 22.4 Å². The Bertz CT molecular complexity index is 743. The number of piperidine rings is 1. The fourth-order valence-corrected chi connectivity index (χ4v) is 4.44. The van der Waals surface area contributed by atoms with Gasteiger partial charge in [0.05, 0.1) is 5.41 Å². The van der Waals surface area contributed by atoms with E-state index in [2.05, 4.69) is 20.4 Å². The van der Waals surface area contributed by atoms with Crippen molar-refractivity contribution in [3.05, 3.63) is 40.7 Å². The number of nitrogens with zero attached hydrogens (tertiary/aromatic N) is 3. The molecule has 2 fully saturated rings. The highest BCUT2D eigenvalue weighted by atomic mass is 32.1. The van der Waals surface area contributed by atoms with E-state index in [0.29, 0.717) is 11.6 Å². The molecule has 2 unspecified atom stereocenters. The molecule has 1 aromatic carbocycles. The van der Waals surface area contributed by atoms with E-state index in [1.807, 2.05) is 0 Å². The number of hydrogen-bond donors (Lipinski definition) is 1. The second kappa shape index (κ2) is 6.22. The smallest absolute Gasteiger partial charge is 0.233 e. The molecule has 2 saturated heterocycles. The Kier molecular flexibility index (Phi) is 4.05. The first-order chi connectivity index (χ1) is 11.6. The van der Waals surface area contributed by atoms with Crippen molar-refractivity contribution in [2.75, 3.05) is 25.0 Å². The number of halogens is 1. The molecule has 0 spiro atoms. The quantitative estimate of drug-likeness (QED) is 0.925. The molecule has 2 aliphatic heterocycles. The van der Waals surface area contributed by atoms with Crippen LogP contribution in [0.4, 0.5) is 9.52 Å². The van der Waals surface area contributed by atoms with Crippen molar-refractivity contribution in [3.63, 3.8) is 0 Å². The van der Waals surface area contributed by atoms with Crippen LogP contribution in [0.1, 0.15) is 29.8 Å². The number of carbonyl (C=O) groups excluding carboxylic acids is 1. The second-order valence-corrected chi connectivity index (χ2v) is 7.73. The molecule has 2 atom stereocenters. The first-order valence-corrected chi connectivity index (χ1v) is 9.05. The van der Waals surface area contributed by atoms with Gasteiger partial charge in [0.2, 0.25) is 11.0 Å². The molecule has 7 heteroatoms. The molecular formula is C17H19FN4OS.